The van der Waals surface area contributed by atoms with E-state index in [1.54, 1.807) is 25.7 Å². The first kappa shape index (κ1) is 31.7. The quantitative estimate of drug-likeness (QED) is 0.273. The fraction of sp³-hybridized carbons (Fsp3) is 0.441. The summed E-state index contributed by atoms with van der Waals surface area (Å²) in [4.78, 5) is 43.0. The van der Waals surface area contributed by atoms with Crippen LogP contribution in [0.2, 0.25) is 0 Å². The highest BCUT2D eigenvalue weighted by molar-refractivity contribution is 6.00. The van der Waals surface area contributed by atoms with Gasteiger partial charge >= 0.3 is 6.09 Å². The van der Waals surface area contributed by atoms with Crippen molar-refractivity contribution in [3.63, 3.8) is 0 Å². The number of hydrogen-bond donors (Lipinski definition) is 2. The van der Waals surface area contributed by atoms with Crippen molar-refractivity contribution < 1.29 is 19.1 Å². The molecule has 0 saturated heterocycles. The zero-order valence-electron chi connectivity index (χ0n) is 25.7. The van der Waals surface area contributed by atoms with E-state index in [1.165, 1.54) is 0 Å². The van der Waals surface area contributed by atoms with Gasteiger partial charge in [-0.15, -0.1) is 0 Å². The molecule has 220 valence electrons. The second-order valence-electron chi connectivity index (χ2n) is 12.0. The summed E-state index contributed by atoms with van der Waals surface area (Å²) in [7, 11) is 0. The Bertz CT molecular complexity index is 1360. The Morgan fingerprint density at radius 1 is 0.902 bits per heavy atom. The number of amides is 3. The molecule has 2 unspecified atom stereocenters. The van der Waals surface area contributed by atoms with Crippen molar-refractivity contribution in [1.82, 2.24) is 10.2 Å². The van der Waals surface area contributed by atoms with Crippen molar-refractivity contribution in [2.45, 2.75) is 85.9 Å². The number of benzene rings is 3. The van der Waals surface area contributed by atoms with Crippen LogP contribution >= 0.6 is 0 Å². The topological polar surface area (TPSA) is 87.7 Å². The number of anilines is 1. The lowest BCUT2D eigenvalue weighted by Gasteiger charge is -2.36. The van der Waals surface area contributed by atoms with E-state index in [2.05, 4.69) is 10.6 Å². The molecule has 0 aliphatic carbocycles. The Kier molecular flexibility index (Phi) is 10.5. The van der Waals surface area contributed by atoms with E-state index in [9.17, 15) is 14.4 Å². The Morgan fingerprint density at radius 2 is 1.54 bits per heavy atom. The lowest BCUT2D eigenvalue weighted by Crippen LogP contribution is -2.54. The van der Waals surface area contributed by atoms with Crippen LogP contribution < -0.4 is 10.6 Å². The molecular formula is C34H45N3O4. The molecule has 3 aromatic carbocycles. The second kappa shape index (κ2) is 13.7. The first-order chi connectivity index (χ1) is 19.3. The summed E-state index contributed by atoms with van der Waals surface area (Å²) in [5.41, 5.74) is 2.56. The zero-order valence-corrected chi connectivity index (χ0v) is 25.7. The predicted octanol–water partition coefficient (Wildman–Crippen LogP) is 7.31. The minimum Gasteiger partial charge on any atom is -0.444 e. The Balaban J connectivity index is 2.07. The highest BCUT2D eigenvalue weighted by Gasteiger charge is 2.38. The normalized spacial score (nSPS) is 13.0. The van der Waals surface area contributed by atoms with Gasteiger partial charge in [-0.3, -0.25) is 9.59 Å². The average Bonchev–Trinajstić information content (AvgIpc) is 2.89. The number of hydrogen-bond acceptors (Lipinski definition) is 4. The van der Waals surface area contributed by atoms with Gasteiger partial charge in [-0.2, -0.15) is 0 Å². The summed E-state index contributed by atoms with van der Waals surface area (Å²) < 4.78 is 5.47. The van der Waals surface area contributed by atoms with Gasteiger partial charge in [0.1, 0.15) is 17.7 Å². The van der Waals surface area contributed by atoms with Crippen LogP contribution in [0.1, 0.15) is 77.1 Å². The van der Waals surface area contributed by atoms with Crippen LogP contribution in [-0.4, -0.2) is 41.0 Å². The maximum atomic E-state index is 14.3. The molecule has 3 aromatic rings. The predicted molar refractivity (Wildman–Crippen MR) is 166 cm³/mol. The monoisotopic (exact) mass is 559 g/mol. The third-order valence-corrected chi connectivity index (χ3v) is 7.03. The van der Waals surface area contributed by atoms with Gasteiger partial charge in [-0.05, 0) is 86.6 Å². The number of carbonyl (C=O) groups is 3. The molecule has 7 nitrogen and oxygen atoms in total. The van der Waals surface area contributed by atoms with Crippen molar-refractivity contribution >= 4 is 34.4 Å². The molecule has 0 bridgehead atoms. The molecule has 3 rings (SSSR count). The largest absolute Gasteiger partial charge is 0.444 e. The minimum absolute atomic E-state index is 0.235. The van der Waals surface area contributed by atoms with Gasteiger partial charge in [0.2, 0.25) is 5.91 Å². The molecule has 0 heterocycles. The number of alkyl carbamates (subject to hydrolysis) is 1. The van der Waals surface area contributed by atoms with E-state index >= 15 is 0 Å². The van der Waals surface area contributed by atoms with Crippen molar-refractivity contribution in [2.24, 2.45) is 5.92 Å². The zero-order chi connectivity index (χ0) is 30.3. The van der Waals surface area contributed by atoms with E-state index in [0.29, 0.717) is 18.7 Å². The molecule has 0 aliphatic heterocycles. The molecule has 3 amide bonds. The maximum absolute atomic E-state index is 14.3. The van der Waals surface area contributed by atoms with Gasteiger partial charge < -0.3 is 20.3 Å². The summed E-state index contributed by atoms with van der Waals surface area (Å²) in [6.07, 6.45) is 0.874. The van der Waals surface area contributed by atoms with Crippen LogP contribution in [0.4, 0.5) is 10.5 Å². The maximum Gasteiger partial charge on any atom is 0.408 e. The van der Waals surface area contributed by atoms with Crippen LogP contribution in [0, 0.1) is 19.8 Å². The molecule has 7 heteroatoms. The Morgan fingerprint density at radius 3 is 2.12 bits per heavy atom. The number of ether oxygens (including phenoxy) is 1. The van der Waals surface area contributed by atoms with Gasteiger partial charge in [0.25, 0.3) is 5.91 Å². The van der Waals surface area contributed by atoms with E-state index in [-0.39, 0.29) is 17.7 Å². The van der Waals surface area contributed by atoms with E-state index < -0.39 is 23.8 Å². The van der Waals surface area contributed by atoms with Gasteiger partial charge in [0.15, 0.2) is 0 Å². The lowest BCUT2D eigenvalue weighted by molar-refractivity contribution is -0.141. The number of unbranched alkanes of at least 4 members (excludes halogenated alkanes) is 1. The summed E-state index contributed by atoms with van der Waals surface area (Å²) in [6, 6.07) is 17.8. The fourth-order valence-electron chi connectivity index (χ4n) is 4.99. The average molecular weight is 560 g/mol. The number of nitrogens with one attached hydrogen (secondary N) is 2. The Labute approximate surface area is 244 Å². The van der Waals surface area contributed by atoms with Gasteiger partial charge in [-0.25, -0.2) is 4.79 Å². The van der Waals surface area contributed by atoms with Crippen molar-refractivity contribution in [3.05, 3.63) is 77.4 Å². The summed E-state index contributed by atoms with van der Waals surface area (Å²) in [5, 5.41) is 7.97. The fourth-order valence-corrected chi connectivity index (χ4v) is 4.99. The number of aryl methyl sites for hydroxylation is 2. The molecule has 0 aliphatic rings. The van der Waals surface area contributed by atoms with E-state index in [4.69, 9.17) is 4.74 Å². The van der Waals surface area contributed by atoms with Crippen molar-refractivity contribution in [3.8, 4) is 0 Å². The van der Waals surface area contributed by atoms with E-state index in [1.807, 2.05) is 95.3 Å². The lowest BCUT2D eigenvalue weighted by atomic mass is 9.92. The smallest absolute Gasteiger partial charge is 0.408 e. The van der Waals surface area contributed by atoms with Crippen LogP contribution in [0.15, 0.2) is 60.7 Å². The number of carbonyl (C=O) groups excluding carboxylic acids is 3. The third kappa shape index (κ3) is 8.32. The standard InChI is InChI=1S/C34H45N3O4/c1-9-10-20-37(32(39)29(22(2)3)36-33(40)41-34(6,7)8)30(28-23(4)14-13-15-24(28)5)31(38)35-27-19-18-25-16-11-12-17-26(25)21-27/h11-19,21-22,29-30H,9-10,20H2,1-8H3,(H,35,38)(H,36,40). The minimum atomic E-state index is -0.900. The molecular weight excluding hydrogens is 514 g/mol. The van der Waals surface area contributed by atoms with Crippen LogP contribution in [0.3, 0.4) is 0 Å². The van der Waals surface area contributed by atoms with Gasteiger partial charge in [0.05, 0.1) is 0 Å². The SMILES string of the molecule is CCCCN(C(=O)C(NC(=O)OC(C)(C)C)C(C)C)C(C(=O)Nc1ccc2ccccc2c1)c1c(C)cccc1C. The first-order valence-electron chi connectivity index (χ1n) is 14.5. The molecule has 0 saturated carbocycles. The number of rotatable bonds is 10. The van der Waals surface area contributed by atoms with Gasteiger partial charge in [0, 0.05) is 12.2 Å². The van der Waals surface area contributed by atoms with Crippen molar-refractivity contribution in [2.75, 3.05) is 11.9 Å². The highest BCUT2D eigenvalue weighted by atomic mass is 16.6. The van der Waals surface area contributed by atoms with Crippen LogP contribution in [0.25, 0.3) is 10.8 Å². The van der Waals surface area contributed by atoms with Gasteiger partial charge in [-0.1, -0.05) is 75.7 Å². The summed E-state index contributed by atoms with van der Waals surface area (Å²) >= 11 is 0. The number of fused-ring (bicyclic) bond motifs is 1. The molecule has 2 N–H and O–H groups in total. The third-order valence-electron chi connectivity index (χ3n) is 7.03. The number of nitrogens with zero attached hydrogens (tertiary/aromatic N) is 1. The first-order valence-corrected chi connectivity index (χ1v) is 14.5. The second-order valence-corrected chi connectivity index (χ2v) is 12.0. The Hall–Kier alpha value is -3.87. The highest BCUT2D eigenvalue weighted by Crippen LogP contribution is 2.31. The summed E-state index contributed by atoms with van der Waals surface area (Å²) in [5.74, 6) is -0.858. The van der Waals surface area contributed by atoms with Crippen LogP contribution in [0.5, 0.6) is 0 Å². The summed E-state index contributed by atoms with van der Waals surface area (Å²) in [6.45, 7) is 15.4. The molecule has 0 spiro atoms. The molecule has 2 atom stereocenters. The molecule has 41 heavy (non-hydrogen) atoms. The van der Waals surface area contributed by atoms with Crippen molar-refractivity contribution in [1.29, 1.82) is 0 Å². The molecule has 0 aromatic heterocycles. The molecule has 0 fully saturated rings. The van der Waals surface area contributed by atoms with E-state index in [0.717, 1.165) is 33.9 Å². The molecule has 0 radical (unpaired) electrons. The van der Waals surface area contributed by atoms with Crippen LogP contribution in [-0.2, 0) is 14.3 Å².